The normalized spacial score (nSPS) is 11.6. The van der Waals surface area contributed by atoms with Gasteiger partial charge < -0.3 is 9.80 Å². The molecule has 0 aliphatic rings. The van der Waals surface area contributed by atoms with Crippen LogP contribution in [0.1, 0.15) is 44.5 Å². The third-order valence-electron chi connectivity index (χ3n) is 15.5. The number of halogens is 2. The molecule has 0 bridgehead atoms. The van der Waals surface area contributed by atoms with E-state index in [2.05, 4.69) is 211 Å². The molecule has 12 aromatic carbocycles. The van der Waals surface area contributed by atoms with Crippen LogP contribution in [0.25, 0.3) is 76.8 Å². The molecule has 0 aromatic heterocycles. The van der Waals surface area contributed by atoms with Gasteiger partial charge in [-0.05, 0) is 158 Å². The van der Waals surface area contributed by atoms with Crippen LogP contribution in [-0.2, 0) is 0 Å². The van der Waals surface area contributed by atoms with Crippen molar-refractivity contribution in [2.45, 2.75) is 55.4 Å². The highest BCUT2D eigenvalue weighted by Crippen LogP contribution is 2.53. The number of nitrogens with zero attached hydrogens (tertiary/aromatic N) is 2. The van der Waals surface area contributed by atoms with Gasteiger partial charge >= 0.3 is 0 Å². The van der Waals surface area contributed by atoms with E-state index in [1.165, 1.54) is 0 Å². The Balaban J connectivity index is 1.15. The molecule has 0 N–H and O–H groups in total. The van der Waals surface area contributed by atoms with E-state index in [1.807, 2.05) is 60.7 Å². The van der Waals surface area contributed by atoms with Gasteiger partial charge in [-0.2, -0.15) is 0 Å². The number of benzene rings is 12. The Hall–Kier alpha value is -8.86. The van der Waals surface area contributed by atoms with E-state index in [0.717, 1.165) is 133 Å². The molecule has 0 radical (unpaired) electrons. The first kappa shape index (κ1) is 48.1. The lowest BCUT2D eigenvalue weighted by atomic mass is 9.89. The molecule has 0 fully saturated rings. The molecule has 2 nitrogen and oxygen atoms in total. The van der Waals surface area contributed by atoms with Gasteiger partial charge in [0.1, 0.15) is 0 Å². The lowest BCUT2D eigenvalue weighted by molar-refractivity contribution is 0.632. The zero-order valence-corrected chi connectivity index (χ0v) is 44.3. The van der Waals surface area contributed by atoms with E-state index in [9.17, 15) is 0 Å². The van der Waals surface area contributed by atoms with Crippen molar-refractivity contribution in [1.29, 1.82) is 0 Å². The molecule has 76 heavy (non-hydrogen) atoms. The second kappa shape index (κ2) is 19.1. The summed E-state index contributed by atoms with van der Waals surface area (Å²) in [5, 5.41) is 6.11. The summed E-state index contributed by atoms with van der Waals surface area (Å²) in [6.45, 7) is 16.7. The second-order valence-corrected chi connectivity index (χ2v) is 20.9. The SMILES string of the molecule is Cc1ccc(-c2ccc(-c3ccc(C)cc3C)c(N(c3ccccc3)c3ccc4ccc5c(N(c6ccccc6)c6c(-c7ccc(C)cc7C)ccc(-c7ccc(C)cc7C)c6F)ccc6ccc3c4c65)c2F)c(C)c1. The third-order valence-corrected chi connectivity index (χ3v) is 15.5. The fourth-order valence-corrected chi connectivity index (χ4v) is 12.0. The van der Waals surface area contributed by atoms with E-state index in [0.29, 0.717) is 22.5 Å². The molecule has 0 aliphatic heterocycles. The summed E-state index contributed by atoms with van der Waals surface area (Å²) in [4.78, 5) is 4.26. The third kappa shape index (κ3) is 8.17. The largest absolute Gasteiger partial charge is 0.307 e. The van der Waals surface area contributed by atoms with Gasteiger partial charge in [-0.15, -0.1) is 0 Å². The minimum Gasteiger partial charge on any atom is -0.307 e. The molecule has 370 valence electrons. The zero-order chi connectivity index (χ0) is 52.5. The monoisotopic (exact) mass is 988 g/mol. The molecule has 12 aromatic rings. The number of aryl methyl sites for hydroxylation is 8. The topological polar surface area (TPSA) is 6.48 Å². The van der Waals surface area contributed by atoms with Crippen molar-refractivity contribution in [3.05, 3.63) is 262 Å². The molecule has 0 unspecified atom stereocenters. The lowest BCUT2D eigenvalue weighted by Gasteiger charge is -2.32. The quantitative estimate of drug-likeness (QED) is 0.126. The first-order valence-electron chi connectivity index (χ1n) is 26.2. The van der Waals surface area contributed by atoms with Crippen LogP contribution in [0.3, 0.4) is 0 Å². The average molecular weight is 989 g/mol. The van der Waals surface area contributed by atoms with E-state index < -0.39 is 0 Å². The van der Waals surface area contributed by atoms with Crippen LogP contribution in [-0.4, -0.2) is 0 Å². The van der Waals surface area contributed by atoms with Crippen LogP contribution in [0.2, 0.25) is 0 Å². The minimum absolute atomic E-state index is 0.301. The highest BCUT2D eigenvalue weighted by Gasteiger charge is 2.30. The Bertz CT molecular complexity index is 3960. The molecule has 0 saturated heterocycles. The average Bonchev–Trinajstić information content (AvgIpc) is 3.56. The van der Waals surface area contributed by atoms with Crippen molar-refractivity contribution in [1.82, 2.24) is 0 Å². The van der Waals surface area contributed by atoms with Gasteiger partial charge in [-0.1, -0.05) is 192 Å². The lowest BCUT2D eigenvalue weighted by Crippen LogP contribution is -2.15. The smallest absolute Gasteiger partial charge is 0.155 e. The number of rotatable bonds is 10. The highest BCUT2D eigenvalue weighted by molar-refractivity contribution is 6.28. The van der Waals surface area contributed by atoms with Crippen molar-refractivity contribution in [3.63, 3.8) is 0 Å². The zero-order valence-electron chi connectivity index (χ0n) is 44.3. The molecule has 0 saturated carbocycles. The van der Waals surface area contributed by atoms with Crippen molar-refractivity contribution < 1.29 is 8.78 Å². The summed E-state index contributed by atoms with van der Waals surface area (Å²) in [6.07, 6.45) is 0. The Morgan fingerprint density at radius 1 is 0.276 bits per heavy atom. The van der Waals surface area contributed by atoms with Crippen LogP contribution in [0.5, 0.6) is 0 Å². The van der Waals surface area contributed by atoms with Gasteiger partial charge in [0, 0.05) is 44.4 Å². The highest BCUT2D eigenvalue weighted by atomic mass is 19.1. The van der Waals surface area contributed by atoms with E-state index in [1.54, 1.807) is 0 Å². The predicted octanol–water partition coefficient (Wildman–Crippen LogP) is 20.9. The van der Waals surface area contributed by atoms with Gasteiger partial charge in [0.25, 0.3) is 0 Å². The van der Waals surface area contributed by atoms with Crippen LogP contribution in [0.15, 0.2) is 206 Å². The summed E-state index contributed by atoms with van der Waals surface area (Å²) in [5.74, 6) is -0.603. The number of hydrogen-bond acceptors (Lipinski definition) is 2. The summed E-state index contributed by atoms with van der Waals surface area (Å²) in [7, 11) is 0. The molecule has 0 aliphatic carbocycles. The van der Waals surface area contributed by atoms with E-state index in [4.69, 9.17) is 0 Å². The molecule has 0 heterocycles. The maximum absolute atomic E-state index is 18.6. The Kier molecular flexibility index (Phi) is 12.1. The summed E-state index contributed by atoms with van der Waals surface area (Å²) in [5.41, 5.74) is 19.3. The number of anilines is 6. The molecule has 0 amide bonds. The predicted molar refractivity (Wildman–Crippen MR) is 319 cm³/mol. The summed E-state index contributed by atoms with van der Waals surface area (Å²) in [6, 6.07) is 71.1. The fraction of sp³-hybridized carbons (Fsp3) is 0.111. The second-order valence-electron chi connectivity index (χ2n) is 20.9. The van der Waals surface area contributed by atoms with Crippen LogP contribution in [0.4, 0.5) is 42.9 Å². The number of para-hydroxylation sites is 2. The maximum atomic E-state index is 18.6. The summed E-state index contributed by atoms with van der Waals surface area (Å²) < 4.78 is 37.2. The van der Waals surface area contributed by atoms with Gasteiger partial charge in [-0.3, -0.25) is 0 Å². The van der Waals surface area contributed by atoms with Crippen LogP contribution in [0, 0.1) is 67.0 Å². The molecule has 0 atom stereocenters. The Morgan fingerprint density at radius 2 is 0.566 bits per heavy atom. The molecule has 0 spiro atoms. The van der Waals surface area contributed by atoms with Crippen molar-refractivity contribution in [3.8, 4) is 44.5 Å². The van der Waals surface area contributed by atoms with Crippen LogP contribution >= 0.6 is 0 Å². The Labute approximate surface area is 445 Å². The fourth-order valence-electron chi connectivity index (χ4n) is 12.0. The maximum Gasteiger partial charge on any atom is 0.155 e. The van der Waals surface area contributed by atoms with Gasteiger partial charge in [0.15, 0.2) is 11.6 Å². The van der Waals surface area contributed by atoms with E-state index >= 15 is 8.78 Å². The first-order chi connectivity index (χ1) is 36.8. The van der Waals surface area contributed by atoms with E-state index in [-0.39, 0.29) is 11.6 Å². The minimum atomic E-state index is -0.301. The standard InChI is InChI=1S/C72H58F2N2/c1-43-19-27-55(47(5)39-43)59-33-35-61(57-29-21-45(3)41-49(57)7)71(69(59)73)75(53-15-11-9-12-16-53)65-37-25-51-24-32-64-66(38-26-52-23-31-63(65)67(51)68(52)64)76(54-17-13-10-14-18-54)72-62(58-30-22-46(4)42-50(58)8)36-34-60(70(72)74)56-28-20-44(2)40-48(56)6/h9-42H,1-8H3. The molecular weight excluding hydrogens is 931 g/mol. The first-order valence-corrected chi connectivity index (χ1v) is 26.2. The van der Waals surface area contributed by atoms with Gasteiger partial charge in [0.2, 0.25) is 0 Å². The van der Waals surface area contributed by atoms with Crippen molar-refractivity contribution in [2.75, 3.05) is 9.80 Å². The Morgan fingerprint density at radius 3 is 0.895 bits per heavy atom. The molecule has 4 heteroatoms. The van der Waals surface area contributed by atoms with Crippen LogP contribution < -0.4 is 9.80 Å². The molecule has 12 rings (SSSR count). The van der Waals surface area contributed by atoms with Crippen molar-refractivity contribution >= 4 is 66.4 Å². The van der Waals surface area contributed by atoms with Gasteiger partial charge in [-0.25, -0.2) is 8.78 Å². The van der Waals surface area contributed by atoms with Gasteiger partial charge in [0.05, 0.1) is 22.7 Å². The van der Waals surface area contributed by atoms with Crippen molar-refractivity contribution in [2.24, 2.45) is 0 Å². The summed E-state index contributed by atoms with van der Waals surface area (Å²) >= 11 is 0. The number of hydrogen-bond donors (Lipinski definition) is 0. The molecular formula is C72H58F2N2.